The number of hydrogen-bond acceptors (Lipinski definition) is 6. The van der Waals surface area contributed by atoms with Crippen LogP contribution in [0, 0.1) is 10.1 Å². The summed E-state index contributed by atoms with van der Waals surface area (Å²) in [5.74, 6) is 0.0962. The highest BCUT2D eigenvalue weighted by molar-refractivity contribution is 7.22. The minimum absolute atomic E-state index is 0.0818. The van der Waals surface area contributed by atoms with Crippen molar-refractivity contribution in [2.75, 3.05) is 12.4 Å². The van der Waals surface area contributed by atoms with Crippen molar-refractivity contribution in [2.24, 2.45) is 0 Å². The number of benzene rings is 3. The third-order valence-corrected chi connectivity index (χ3v) is 5.27. The number of nitro benzene ring substituents is 1. The van der Waals surface area contributed by atoms with Gasteiger partial charge in [-0.3, -0.25) is 14.9 Å². The zero-order valence-electron chi connectivity index (χ0n) is 14.8. The number of ether oxygens (including phenoxy) is 1. The first kappa shape index (κ1) is 17.9. The summed E-state index contributed by atoms with van der Waals surface area (Å²) < 4.78 is 5.78. The zero-order valence-corrected chi connectivity index (χ0v) is 15.7. The van der Waals surface area contributed by atoms with Crippen molar-refractivity contribution in [3.8, 4) is 5.75 Å². The van der Waals surface area contributed by atoms with Crippen LogP contribution in [0.4, 0.5) is 10.8 Å². The van der Waals surface area contributed by atoms with Crippen molar-refractivity contribution in [2.45, 2.75) is 6.42 Å². The zero-order chi connectivity index (χ0) is 19.7. The number of methoxy groups -OCH3 is 1. The van der Waals surface area contributed by atoms with E-state index in [9.17, 15) is 14.9 Å². The molecule has 0 aliphatic rings. The third-order valence-electron chi connectivity index (χ3n) is 4.35. The van der Waals surface area contributed by atoms with E-state index in [-0.39, 0.29) is 18.0 Å². The molecule has 0 bridgehead atoms. The molecule has 0 unspecified atom stereocenters. The summed E-state index contributed by atoms with van der Waals surface area (Å²) in [6, 6.07) is 16.5. The number of anilines is 1. The Morgan fingerprint density at radius 1 is 1.21 bits per heavy atom. The van der Waals surface area contributed by atoms with Crippen LogP contribution in [0.1, 0.15) is 5.56 Å². The molecule has 7 nitrogen and oxygen atoms in total. The number of aromatic nitrogens is 1. The minimum atomic E-state index is -0.486. The molecule has 4 aromatic rings. The summed E-state index contributed by atoms with van der Waals surface area (Å²) in [6.07, 6.45) is 0.203. The lowest BCUT2D eigenvalue weighted by Crippen LogP contribution is -2.14. The number of nitrogens with zero attached hydrogens (tertiary/aromatic N) is 2. The first-order valence-electron chi connectivity index (χ1n) is 8.44. The molecule has 0 aliphatic carbocycles. The predicted octanol–water partition coefficient (Wildman–Crippen LogP) is 4.55. The number of amides is 1. The molecule has 1 amide bonds. The molecule has 0 aliphatic heterocycles. The molecule has 1 aromatic heterocycles. The van der Waals surface area contributed by atoms with Crippen molar-refractivity contribution < 1.29 is 14.5 Å². The Kier molecular flexibility index (Phi) is 4.62. The van der Waals surface area contributed by atoms with Gasteiger partial charge < -0.3 is 10.1 Å². The summed E-state index contributed by atoms with van der Waals surface area (Å²) in [6.45, 7) is 0. The summed E-state index contributed by atoms with van der Waals surface area (Å²) in [7, 11) is 1.43. The number of nitro groups is 1. The van der Waals surface area contributed by atoms with E-state index in [1.54, 1.807) is 0 Å². The fourth-order valence-corrected chi connectivity index (χ4v) is 4.02. The van der Waals surface area contributed by atoms with E-state index in [4.69, 9.17) is 4.74 Å². The van der Waals surface area contributed by atoms with Crippen LogP contribution in [0.3, 0.4) is 0 Å². The van der Waals surface area contributed by atoms with Gasteiger partial charge in [-0.2, -0.15) is 0 Å². The molecule has 8 heteroatoms. The molecule has 0 fully saturated rings. The number of carbonyl (C=O) groups is 1. The van der Waals surface area contributed by atoms with Crippen LogP contribution in [0.15, 0.2) is 54.6 Å². The Labute approximate surface area is 163 Å². The van der Waals surface area contributed by atoms with E-state index < -0.39 is 4.92 Å². The molecular weight excluding hydrogens is 378 g/mol. The number of hydrogen-bond donors (Lipinski definition) is 1. The number of rotatable bonds is 5. The number of non-ortho nitro benzene ring substituents is 1. The van der Waals surface area contributed by atoms with E-state index in [0.717, 1.165) is 16.3 Å². The number of fused-ring (bicyclic) bond motifs is 2. The van der Waals surface area contributed by atoms with Crippen molar-refractivity contribution in [1.82, 2.24) is 4.98 Å². The third kappa shape index (κ3) is 3.37. The van der Waals surface area contributed by atoms with Crippen LogP contribution >= 0.6 is 11.3 Å². The molecule has 28 heavy (non-hydrogen) atoms. The Balaban J connectivity index is 1.61. The maximum Gasteiger partial charge on any atom is 0.274 e. The second-order valence-electron chi connectivity index (χ2n) is 6.13. The first-order chi connectivity index (χ1) is 13.5. The lowest BCUT2D eigenvalue weighted by Gasteiger charge is -2.06. The molecule has 0 saturated heterocycles. The van der Waals surface area contributed by atoms with E-state index in [2.05, 4.69) is 10.3 Å². The second kappa shape index (κ2) is 7.24. The number of nitrogens with one attached hydrogen (secondary N) is 1. The molecule has 3 aromatic carbocycles. The topological polar surface area (TPSA) is 94.4 Å². The van der Waals surface area contributed by atoms with E-state index in [1.807, 2.05) is 42.5 Å². The lowest BCUT2D eigenvalue weighted by atomic mass is 10.0. The van der Waals surface area contributed by atoms with Crippen LogP contribution in [0.2, 0.25) is 0 Å². The van der Waals surface area contributed by atoms with Crippen LogP contribution in [-0.2, 0) is 11.2 Å². The van der Waals surface area contributed by atoms with Gasteiger partial charge in [0.05, 0.1) is 29.2 Å². The van der Waals surface area contributed by atoms with Gasteiger partial charge >= 0.3 is 0 Å². The van der Waals surface area contributed by atoms with Crippen molar-refractivity contribution in [3.63, 3.8) is 0 Å². The van der Waals surface area contributed by atoms with Gasteiger partial charge in [0.2, 0.25) is 5.91 Å². The van der Waals surface area contributed by atoms with Crippen LogP contribution in [0.25, 0.3) is 21.0 Å². The van der Waals surface area contributed by atoms with Gasteiger partial charge in [0.15, 0.2) is 10.9 Å². The highest BCUT2D eigenvalue weighted by Gasteiger charge is 2.17. The predicted molar refractivity (Wildman–Crippen MR) is 109 cm³/mol. The summed E-state index contributed by atoms with van der Waals surface area (Å²) in [5, 5.41) is 16.3. The number of carbonyl (C=O) groups excluding carboxylic acids is 1. The molecule has 0 saturated carbocycles. The van der Waals surface area contributed by atoms with Gasteiger partial charge in [-0.05, 0) is 16.3 Å². The smallest absolute Gasteiger partial charge is 0.274 e. The Morgan fingerprint density at radius 3 is 2.79 bits per heavy atom. The molecular formula is C20H15N3O4S. The maximum absolute atomic E-state index is 12.5. The lowest BCUT2D eigenvalue weighted by molar-refractivity contribution is -0.384. The van der Waals surface area contributed by atoms with E-state index >= 15 is 0 Å². The van der Waals surface area contributed by atoms with Gasteiger partial charge in [-0.25, -0.2) is 4.98 Å². The van der Waals surface area contributed by atoms with Gasteiger partial charge in [0, 0.05) is 6.07 Å². The highest BCUT2D eigenvalue weighted by atomic mass is 32.1. The van der Waals surface area contributed by atoms with Crippen molar-refractivity contribution in [1.29, 1.82) is 0 Å². The SMILES string of the molecule is COc1cc([N+](=O)[O-])cc2sc(NC(=O)Cc3cccc4ccccc34)nc12. The molecule has 0 radical (unpaired) electrons. The first-order valence-corrected chi connectivity index (χ1v) is 9.26. The molecule has 0 spiro atoms. The Hall–Kier alpha value is -3.52. The normalized spacial score (nSPS) is 10.9. The van der Waals surface area contributed by atoms with Crippen molar-refractivity contribution in [3.05, 3.63) is 70.3 Å². The van der Waals surface area contributed by atoms with E-state index in [1.165, 1.54) is 30.6 Å². The second-order valence-corrected chi connectivity index (χ2v) is 7.16. The summed E-state index contributed by atoms with van der Waals surface area (Å²) in [4.78, 5) is 27.5. The van der Waals surface area contributed by atoms with Crippen LogP contribution < -0.4 is 10.1 Å². The molecule has 0 atom stereocenters. The summed E-state index contributed by atoms with van der Waals surface area (Å²) >= 11 is 1.17. The molecule has 4 rings (SSSR count). The van der Waals surface area contributed by atoms with Crippen LogP contribution in [0.5, 0.6) is 5.75 Å². The average Bonchev–Trinajstić information content (AvgIpc) is 3.09. The number of thiazole rings is 1. The van der Waals surface area contributed by atoms with E-state index in [0.29, 0.717) is 21.1 Å². The Bertz CT molecular complexity index is 1210. The van der Waals surface area contributed by atoms with Crippen LogP contribution in [-0.4, -0.2) is 22.9 Å². The largest absolute Gasteiger partial charge is 0.494 e. The van der Waals surface area contributed by atoms with Gasteiger partial charge in [-0.15, -0.1) is 0 Å². The quantitative estimate of drug-likeness (QED) is 0.397. The standard InChI is InChI=1S/C20H15N3O4S/c1-27-16-10-14(23(25)26)11-17-19(16)22-20(28-17)21-18(24)9-13-7-4-6-12-5-2-3-8-15(12)13/h2-8,10-11H,9H2,1H3,(H,21,22,24). The van der Waals surface area contributed by atoms with Crippen molar-refractivity contribution >= 4 is 49.1 Å². The monoisotopic (exact) mass is 393 g/mol. The minimum Gasteiger partial charge on any atom is -0.494 e. The summed E-state index contributed by atoms with van der Waals surface area (Å²) in [5.41, 5.74) is 1.32. The fourth-order valence-electron chi connectivity index (χ4n) is 3.08. The Morgan fingerprint density at radius 2 is 2.00 bits per heavy atom. The average molecular weight is 393 g/mol. The van der Waals surface area contributed by atoms with Gasteiger partial charge in [0.1, 0.15) is 5.52 Å². The maximum atomic E-state index is 12.5. The fraction of sp³-hybridized carbons (Fsp3) is 0.100. The van der Waals surface area contributed by atoms with Gasteiger partial charge in [-0.1, -0.05) is 53.8 Å². The highest BCUT2D eigenvalue weighted by Crippen LogP contribution is 2.36. The van der Waals surface area contributed by atoms with Gasteiger partial charge in [0.25, 0.3) is 5.69 Å². The molecule has 1 heterocycles. The molecule has 140 valence electrons. The molecule has 1 N–H and O–H groups in total.